The lowest BCUT2D eigenvalue weighted by Gasteiger charge is -2.14. The van der Waals surface area contributed by atoms with Gasteiger partial charge in [0.05, 0.1) is 24.6 Å². The molecule has 0 aromatic heterocycles. The smallest absolute Gasteiger partial charge is 0.142 e. The third kappa shape index (κ3) is 4.53. The normalized spacial score (nSPS) is 16.0. The summed E-state index contributed by atoms with van der Waals surface area (Å²) in [5.74, 6) is 1.66. The van der Waals surface area contributed by atoms with Crippen LogP contribution in [0.1, 0.15) is 0 Å². The number of anilines is 2. The molecule has 122 valence electrons. The summed E-state index contributed by atoms with van der Waals surface area (Å²) in [5.41, 5.74) is 1.95. The van der Waals surface area contributed by atoms with Gasteiger partial charge in [0.2, 0.25) is 0 Å². The minimum absolute atomic E-state index is 0.490. The zero-order valence-corrected chi connectivity index (χ0v) is 13.1. The van der Waals surface area contributed by atoms with Gasteiger partial charge in [-0.15, -0.1) is 0 Å². The van der Waals surface area contributed by atoms with E-state index in [2.05, 4.69) is 10.6 Å². The lowest BCUT2D eigenvalue weighted by molar-refractivity contribution is 0.154. The Labute approximate surface area is 136 Å². The maximum atomic E-state index is 5.83. The van der Waals surface area contributed by atoms with E-state index in [9.17, 15) is 0 Å². The van der Waals surface area contributed by atoms with Crippen LogP contribution in [-0.4, -0.2) is 39.5 Å². The van der Waals surface area contributed by atoms with Crippen LogP contribution in [-0.2, 0) is 4.74 Å². The molecule has 23 heavy (non-hydrogen) atoms. The summed E-state index contributed by atoms with van der Waals surface area (Å²) >= 11 is 0. The summed E-state index contributed by atoms with van der Waals surface area (Å²) in [6.45, 7) is 3.76. The molecule has 2 N–H and O–H groups in total. The highest BCUT2D eigenvalue weighted by molar-refractivity contribution is 5.57. The molecular weight excluding hydrogens is 292 g/mol. The van der Waals surface area contributed by atoms with Gasteiger partial charge in [-0.2, -0.15) is 0 Å². The third-order valence-corrected chi connectivity index (χ3v) is 3.50. The largest absolute Gasteiger partial charge is 0.488 e. The Balaban J connectivity index is 1.68. The first-order valence-corrected chi connectivity index (χ1v) is 7.92. The molecule has 2 aromatic carbocycles. The van der Waals surface area contributed by atoms with E-state index in [-0.39, 0.29) is 0 Å². The van der Waals surface area contributed by atoms with Gasteiger partial charge in [0.1, 0.15) is 24.7 Å². The molecule has 3 rings (SSSR count). The average Bonchev–Trinajstić information content (AvgIpc) is 2.60. The van der Waals surface area contributed by atoms with Crippen molar-refractivity contribution in [3.05, 3.63) is 48.5 Å². The fraction of sp³-hybridized carbons (Fsp3) is 0.333. The molecular formula is C18H22N2O3. The van der Waals surface area contributed by atoms with Crippen molar-refractivity contribution in [2.45, 2.75) is 0 Å². The van der Waals surface area contributed by atoms with Crippen LogP contribution in [0.3, 0.4) is 0 Å². The van der Waals surface area contributed by atoms with E-state index >= 15 is 0 Å². The van der Waals surface area contributed by atoms with Gasteiger partial charge in [0, 0.05) is 13.1 Å². The molecule has 0 spiro atoms. The van der Waals surface area contributed by atoms with Crippen LogP contribution >= 0.6 is 0 Å². The van der Waals surface area contributed by atoms with E-state index in [1.807, 2.05) is 48.5 Å². The van der Waals surface area contributed by atoms with Gasteiger partial charge in [-0.25, -0.2) is 0 Å². The van der Waals surface area contributed by atoms with E-state index in [0.29, 0.717) is 26.4 Å². The SMILES string of the molecule is c1ccc2c(c1)NCCOCCNc1ccccc1OCCO2. The minimum atomic E-state index is 0.490. The van der Waals surface area contributed by atoms with Gasteiger partial charge in [-0.05, 0) is 24.3 Å². The van der Waals surface area contributed by atoms with Crippen LogP contribution in [0.15, 0.2) is 48.5 Å². The number of hydrogen-bond donors (Lipinski definition) is 2. The number of para-hydroxylation sites is 4. The predicted molar refractivity (Wildman–Crippen MR) is 91.7 cm³/mol. The second-order valence-electron chi connectivity index (χ2n) is 5.16. The quantitative estimate of drug-likeness (QED) is 0.783. The lowest BCUT2D eigenvalue weighted by atomic mass is 10.3. The number of rotatable bonds is 0. The van der Waals surface area contributed by atoms with Crippen LogP contribution < -0.4 is 20.1 Å². The number of hydrogen-bond acceptors (Lipinski definition) is 5. The van der Waals surface area contributed by atoms with Gasteiger partial charge < -0.3 is 24.8 Å². The summed E-state index contributed by atoms with van der Waals surface area (Å²) in [4.78, 5) is 0. The fourth-order valence-electron chi connectivity index (χ4n) is 2.40. The summed E-state index contributed by atoms with van der Waals surface area (Å²) in [5, 5.41) is 6.68. The Kier molecular flexibility index (Phi) is 5.58. The molecule has 0 aliphatic carbocycles. The molecule has 0 unspecified atom stereocenters. The van der Waals surface area contributed by atoms with E-state index in [1.165, 1.54) is 0 Å². The highest BCUT2D eigenvalue weighted by atomic mass is 16.5. The first-order chi connectivity index (χ1) is 11.4. The maximum absolute atomic E-state index is 5.83. The van der Waals surface area contributed by atoms with Gasteiger partial charge in [-0.3, -0.25) is 0 Å². The van der Waals surface area contributed by atoms with Gasteiger partial charge in [0.25, 0.3) is 0 Å². The lowest BCUT2D eigenvalue weighted by Crippen LogP contribution is -2.15. The van der Waals surface area contributed by atoms with Crippen LogP contribution in [0.2, 0.25) is 0 Å². The molecule has 0 amide bonds. The molecule has 2 aromatic rings. The molecule has 5 nitrogen and oxygen atoms in total. The fourth-order valence-corrected chi connectivity index (χ4v) is 2.40. The number of benzene rings is 2. The van der Waals surface area contributed by atoms with Gasteiger partial charge in [0.15, 0.2) is 0 Å². The summed E-state index contributed by atoms with van der Waals surface area (Å²) in [7, 11) is 0. The first kappa shape index (κ1) is 15.5. The Morgan fingerprint density at radius 3 is 1.61 bits per heavy atom. The molecule has 1 aliphatic rings. The summed E-state index contributed by atoms with van der Waals surface area (Å²) in [6, 6.07) is 15.8. The molecule has 0 bridgehead atoms. The Hall–Kier alpha value is -2.40. The third-order valence-electron chi connectivity index (χ3n) is 3.50. The molecule has 1 aliphatic heterocycles. The van der Waals surface area contributed by atoms with Crippen molar-refractivity contribution < 1.29 is 14.2 Å². The standard InChI is InChI=1S/C18H22N2O3/c1-3-7-17-15(5-1)19-9-11-21-12-10-20-16-6-2-4-8-18(16)23-14-13-22-17/h1-8,19-20H,9-14H2. The van der Waals surface area contributed by atoms with Crippen molar-refractivity contribution in [3.63, 3.8) is 0 Å². The van der Waals surface area contributed by atoms with E-state index < -0.39 is 0 Å². The van der Waals surface area contributed by atoms with E-state index in [4.69, 9.17) is 14.2 Å². The van der Waals surface area contributed by atoms with Crippen molar-refractivity contribution in [1.82, 2.24) is 0 Å². The predicted octanol–water partition coefficient (Wildman–Crippen LogP) is 3.00. The van der Waals surface area contributed by atoms with Crippen LogP contribution in [0.5, 0.6) is 11.5 Å². The van der Waals surface area contributed by atoms with Crippen molar-refractivity contribution in [2.24, 2.45) is 0 Å². The summed E-state index contributed by atoms with van der Waals surface area (Å²) < 4.78 is 17.3. The molecule has 0 radical (unpaired) electrons. The Bertz CT molecular complexity index is 565. The van der Waals surface area contributed by atoms with Crippen LogP contribution in [0.4, 0.5) is 11.4 Å². The van der Waals surface area contributed by atoms with E-state index in [0.717, 1.165) is 36.0 Å². The number of nitrogens with one attached hydrogen (secondary N) is 2. The first-order valence-electron chi connectivity index (χ1n) is 7.92. The monoisotopic (exact) mass is 314 g/mol. The second-order valence-corrected chi connectivity index (χ2v) is 5.16. The zero-order valence-electron chi connectivity index (χ0n) is 13.1. The average molecular weight is 314 g/mol. The molecule has 5 heteroatoms. The molecule has 0 fully saturated rings. The zero-order chi connectivity index (χ0) is 15.7. The molecule has 0 saturated carbocycles. The van der Waals surface area contributed by atoms with Crippen molar-refractivity contribution in [3.8, 4) is 11.5 Å². The Morgan fingerprint density at radius 1 is 0.609 bits per heavy atom. The van der Waals surface area contributed by atoms with Crippen molar-refractivity contribution >= 4 is 11.4 Å². The second kappa shape index (κ2) is 8.29. The highest BCUT2D eigenvalue weighted by Gasteiger charge is 2.05. The highest BCUT2D eigenvalue weighted by Crippen LogP contribution is 2.25. The number of fused-ring (bicyclic) bond motifs is 2. The molecule has 0 saturated heterocycles. The topological polar surface area (TPSA) is 51.8 Å². The van der Waals surface area contributed by atoms with E-state index in [1.54, 1.807) is 0 Å². The van der Waals surface area contributed by atoms with Gasteiger partial charge in [-0.1, -0.05) is 24.3 Å². The number of ether oxygens (including phenoxy) is 3. The van der Waals surface area contributed by atoms with Crippen molar-refractivity contribution in [1.29, 1.82) is 0 Å². The van der Waals surface area contributed by atoms with Crippen LogP contribution in [0, 0.1) is 0 Å². The summed E-state index contributed by atoms with van der Waals surface area (Å²) in [6.07, 6.45) is 0. The maximum Gasteiger partial charge on any atom is 0.142 e. The van der Waals surface area contributed by atoms with Crippen LogP contribution in [0.25, 0.3) is 0 Å². The van der Waals surface area contributed by atoms with Gasteiger partial charge >= 0.3 is 0 Å². The molecule has 0 atom stereocenters. The van der Waals surface area contributed by atoms with Crippen molar-refractivity contribution in [2.75, 3.05) is 50.2 Å². The Morgan fingerprint density at radius 2 is 1.09 bits per heavy atom. The minimum Gasteiger partial charge on any atom is -0.488 e. The molecule has 1 heterocycles.